The number of benzene rings is 1. The second kappa shape index (κ2) is 6.43. The number of hydrogen-bond acceptors (Lipinski definition) is 3. The lowest BCUT2D eigenvalue weighted by atomic mass is 9.86. The quantitative estimate of drug-likeness (QED) is 0.628. The molecule has 1 aromatic carbocycles. The van der Waals surface area contributed by atoms with Crippen LogP contribution < -0.4 is 0 Å². The van der Waals surface area contributed by atoms with Gasteiger partial charge in [0.1, 0.15) is 5.02 Å². The third-order valence-electron chi connectivity index (χ3n) is 4.24. The van der Waals surface area contributed by atoms with Crippen molar-refractivity contribution in [2.24, 2.45) is 5.92 Å². The largest absolute Gasteiger partial charge is 0.339 e. The number of hydrogen-bond donors (Lipinski definition) is 0. The van der Waals surface area contributed by atoms with Crippen molar-refractivity contribution < 1.29 is 9.72 Å². The van der Waals surface area contributed by atoms with Gasteiger partial charge in [0.2, 0.25) is 0 Å². The van der Waals surface area contributed by atoms with Gasteiger partial charge in [0.05, 0.1) is 4.92 Å². The van der Waals surface area contributed by atoms with E-state index in [9.17, 15) is 14.9 Å². The summed E-state index contributed by atoms with van der Waals surface area (Å²) in [5.74, 6) is 0.588. The number of carbonyl (C=O) groups excluding carboxylic acids is 1. The maximum Gasteiger partial charge on any atom is 0.287 e. The second-order valence-corrected chi connectivity index (χ2v) is 6.16. The molecule has 21 heavy (non-hydrogen) atoms. The molecule has 0 aromatic heterocycles. The van der Waals surface area contributed by atoms with Gasteiger partial charge in [-0.05, 0) is 43.7 Å². The van der Waals surface area contributed by atoms with Crippen LogP contribution in [0.2, 0.25) is 5.02 Å². The molecule has 0 heterocycles. The van der Waals surface area contributed by atoms with Gasteiger partial charge in [0.15, 0.2) is 0 Å². The third-order valence-corrected chi connectivity index (χ3v) is 4.55. The SMILES string of the molecule is CC1CCC(N(C)C(=O)c2ccc([N+](=O)[O-])c(Cl)c2)CC1. The highest BCUT2D eigenvalue weighted by Crippen LogP contribution is 2.29. The van der Waals surface area contributed by atoms with E-state index in [1.54, 1.807) is 11.9 Å². The lowest BCUT2D eigenvalue weighted by molar-refractivity contribution is -0.384. The Morgan fingerprint density at radius 1 is 1.33 bits per heavy atom. The topological polar surface area (TPSA) is 63.5 Å². The zero-order valence-electron chi connectivity index (χ0n) is 12.2. The Labute approximate surface area is 129 Å². The zero-order valence-corrected chi connectivity index (χ0v) is 13.0. The molecule has 0 atom stereocenters. The molecular formula is C15H19ClN2O3. The molecule has 0 N–H and O–H groups in total. The van der Waals surface area contributed by atoms with E-state index in [4.69, 9.17) is 11.6 Å². The lowest BCUT2D eigenvalue weighted by Crippen LogP contribution is -2.39. The maximum atomic E-state index is 12.5. The molecule has 2 rings (SSSR count). The van der Waals surface area contributed by atoms with E-state index in [2.05, 4.69) is 6.92 Å². The number of amides is 1. The number of nitro groups is 1. The van der Waals surface area contributed by atoms with Crippen LogP contribution in [-0.2, 0) is 0 Å². The Balaban J connectivity index is 2.12. The summed E-state index contributed by atoms with van der Waals surface area (Å²) in [7, 11) is 1.79. The predicted octanol–water partition coefficient (Wildman–Crippen LogP) is 3.90. The van der Waals surface area contributed by atoms with Crippen LogP contribution in [0.4, 0.5) is 5.69 Å². The predicted molar refractivity (Wildman–Crippen MR) is 81.6 cm³/mol. The van der Waals surface area contributed by atoms with Crippen molar-refractivity contribution in [2.75, 3.05) is 7.05 Å². The molecule has 5 nitrogen and oxygen atoms in total. The van der Waals surface area contributed by atoms with Crippen molar-refractivity contribution in [3.63, 3.8) is 0 Å². The van der Waals surface area contributed by atoms with Crippen LogP contribution in [0, 0.1) is 16.0 Å². The molecule has 1 aromatic rings. The second-order valence-electron chi connectivity index (χ2n) is 5.75. The molecule has 0 unspecified atom stereocenters. The number of nitro benzene ring substituents is 1. The van der Waals surface area contributed by atoms with Crippen LogP contribution in [0.25, 0.3) is 0 Å². The Bertz CT molecular complexity index is 554. The smallest absolute Gasteiger partial charge is 0.287 e. The molecule has 114 valence electrons. The molecule has 1 fully saturated rings. The molecule has 1 saturated carbocycles. The van der Waals surface area contributed by atoms with Gasteiger partial charge >= 0.3 is 0 Å². The summed E-state index contributed by atoms with van der Waals surface area (Å²) in [6.45, 7) is 2.23. The monoisotopic (exact) mass is 310 g/mol. The number of carbonyl (C=O) groups is 1. The molecule has 0 saturated heterocycles. The van der Waals surface area contributed by atoms with Gasteiger partial charge in [-0.25, -0.2) is 0 Å². The van der Waals surface area contributed by atoms with Crippen LogP contribution in [0.5, 0.6) is 0 Å². The van der Waals surface area contributed by atoms with Gasteiger partial charge in [-0.15, -0.1) is 0 Å². The van der Waals surface area contributed by atoms with E-state index >= 15 is 0 Å². The van der Waals surface area contributed by atoms with Crippen molar-refractivity contribution >= 4 is 23.2 Å². The maximum absolute atomic E-state index is 12.5. The van der Waals surface area contributed by atoms with E-state index < -0.39 is 4.92 Å². The van der Waals surface area contributed by atoms with Crippen molar-refractivity contribution in [3.05, 3.63) is 38.9 Å². The summed E-state index contributed by atoms with van der Waals surface area (Å²) in [5.41, 5.74) is 0.217. The normalized spacial score (nSPS) is 21.9. The van der Waals surface area contributed by atoms with Crippen LogP contribution in [0.3, 0.4) is 0 Å². The minimum absolute atomic E-state index is 0.00323. The zero-order chi connectivity index (χ0) is 15.6. The summed E-state index contributed by atoms with van der Waals surface area (Å²) in [4.78, 5) is 24.4. The van der Waals surface area contributed by atoms with Crippen LogP contribution in [-0.4, -0.2) is 28.8 Å². The van der Waals surface area contributed by atoms with Gasteiger partial charge in [-0.3, -0.25) is 14.9 Å². The summed E-state index contributed by atoms with van der Waals surface area (Å²) >= 11 is 5.87. The summed E-state index contributed by atoms with van der Waals surface area (Å²) in [6.07, 6.45) is 4.26. The molecule has 1 aliphatic carbocycles. The van der Waals surface area contributed by atoms with Crippen LogP contribution in [0.15, 0.2) is 18.2 Å². The molecule has 0 aliphatic heterocycles. The van der Waals surface area contributed by atoms with Crippen LogP contribution >= 0.6 is 11.6 Å². The summed E-state index contributed by atoms with van der Waals surface area (Å²) < 4.78 is 0. The first-order valence-corrected chi connectivity index (χ1v) is 7.49. The van der Waals surface area contributed by atoms with E-state index in [0.29, 0.717) is 5.56 Å². The first-order valence-electron chi connectivity index (χ1n) is 7.11. The van der Waals surface area contributed by atoms with Crippen LogP contribution in [0.1, 0.15) is 43.0 Å². The van der Waals surface area contributed by atoms with Crippen molar-refractivity contribution in [1.29, 1.82) is 0 Å². The molecule has 1 amide bonds. The molecule has 0 spiro atoms. The van der Waals surface area contributed by atoms with Gasteiger partial charge in [-0.2, -0.15) is 0 Å². The third kappa shape index (κ3) is 3.53. The van der Waals surface area contributed by atoms with Gasteiger partial charge in [-0.1, -0.05) is 18.5 Å². The Hall–Kier alpha value is -1.62. The number of nitrogens with zero attached hydrogens (tertiary/aromatic N) is 2. The molecule has 0 radical (unpaired) electrons. The van der Waals surface area contributed by atoms with Crippen molar-refractivity contribution in [3.8, 4) is 0 Å². The average Bonchev–Trinajstić information content (AvgIpc) is 2.46. The highest BCUT2D eigenvalue weighted by Gasteiger charge is 2.26. The molecule has 6 heteroatoms. The van der Waals surface area contributed by atoms with E-state index in [1.807, 2.05) is 0 Å². The fourth-order valence-electron chi connectivity index (χ4n) is 2.79. The Morgan fingerprint density at radius 3 is 2.48 bits per heavy atom. The average molecular weight is 311 g/mol. The first-order chi connectivity index (χ1) is 9.90. The fraction of sp³-hybridized carbons (Fsp3) is 0.533. The van der Waals surface area contributed by atoms with Gasteiger partial charge in [0, 0.05) is 24.7 Å². The Kier molecular flexibility index (Phi) is 4.83. The molecule has 1 aliphatic rings. The summed E-state index contributed by atoms with van der Waals surface area (Å²) in [6, 6.07) is 4.37. The molecule has 0 bridgehead atoms. The summed E-state index contributed by atoms with van der Waals surface area (Å²) in [5, 5.41) is 10.7. The van der Waals surface area contributed by atoms with E-state index in [0.717, 1.165) is 31.6 Å². The molecular weight excluding hydrogens is 292 g/mol. The minimum atomic E-state index is -0.553. The highest BCUT2D eigenvalue weighted by atomic mass is 35.5. The minimum Gasteiger partial charge on any atom is -0.339 e. The van der Waals surface area contributed by atoms with Gasteiger partial charge in [0.25, 0.3) is 11.6 Å². The highest BCUT2D eigenvalue weighted by molar-refractivity contribution is 6.33. The number of halogens is 1. The van der Waals surface area contributed by atoms with Crippen molar-refractivity contribution in [2.45, 2.75) is 38.6 Å². The van der Waals surface area contributed by atoms with E-state index in [-0.39, 0.29) is 22.7 Å². The lowest BCUT2D eigenvalue weighted by Gasteiger charge is -2.33. The Morgan fingerprint density at radius 2 is 1.95 bits per heavy atom. The van der Waals surface area contributed by atoms with E-state index in [1.165, 1.54) is 18.2 Å². The standard InChI is InChI=1S/C15H19ClN2O3/c1-10-3-6-12(7-4-10)17(2)15(19)11-5-8-14(18(20)21)13(16)9-11/h5,8-10,12H,3-4,6-7H2,1-2H3. The van der Waals surface area contributed by atoms with Gasteiger partial charge < -0.3 is 4.90 Å². The first kappa shape index (κ1) is 15.8. The fourth-order valence-corrected chi connectivity index (χ4v) is 3.04. The number of rotatable bonds is 3. The van der Waals surface area contributed by atoms with Crippen molar-refractivity contribution in [1.82, 2.24) is 4.90 Å².